The molecule has 0 rings (SSSR count). The maximum Gasteiger partial charge on any atom is 0.237 e. The largest absolute Gasteiger partial charge is 0.237 e. The highest BCUT2D eigenvalue weighted by atomic mass is 35.5. The van der Waals surface area contributed by atoms with Crippen LogP contribution in [0.2, 0.25) is 0 Å². The molecular weight excluding hydrogens is 234 g/mol. The van der Waals surface area contributed by atoms with Crippen LogP contribution in [0.3, 0.4) is 0 Å². The zero-order chi connectivity index (χ0) is 12.1. The highest BCUT2D eigenvalue weighted by Crippen LogP contribution is 2.25. The Morgan fingerprint density at radius 1 is 1.53 bits per heavy atom. The molecule has 0 aromatic rings. The monoisotopic (exact) mass is 249 g/mol. The van der Waals surface area contributed by atoms with Gasteiger partial charge in [-0.05, 0) is 25.0 Å². The van der Waals surface area contributed by atoms with E-state index in [-0.39, 0.29) is 4.91 Å². The molecule has 0 aliphatic rings. The van der Waals surface area contributed by atoms with Gasteiger partial charge in [-0.2, -0.15) is 0 Å². The molecule has 0 bridgehead atoms. The van der Waals surface area contributed by atoms with Crippen molar-refractivity contribution in [2.24, 2.45) is 5.14 Å². The Morgan fingerprint density at radius 3 is 2.40 bits per heavy atom. The quantitative estimate of drug-likeness (QED) is 0.762. The second-order valence-corrected chi connectivity index (χ2v) is 5.03. The summed E-state index contributed by atoms with van der Waals surface area (Å²) in [6.07, 6.45) is 4.67. The van der Waals surface area contributed by atoms with Gasteiger partial charge in [0.05, 0.1) is 4.91 Å². The van der Waals surface area contributed by atoms with Crippen LogP contribution in [0.5, 0.6) is 0 Å². The lowest BCUT2D eigenvalue weighted by atomic mass is 10.1. The first-order valence-corrected chi connectivity index (χ1v) is 6.50. The average molecular weight is 250 g/mol. The molecular formula is C10H16ClNO2S. The van der Waals surface area contributed by atoms with Crippen molar-refractivity contribution in [3.8, 4) is 0 Å². The fourth-order valence-corrected chi connectivity index (χ4v) is 2.01. The minimum absolute atomic E-state index is 0.104. The van der Waals surface area contributed by atoms with E-state index in [9.17, 15) is 8.42 Å². The number of primary sulfonamides is 1. The molecule has 0 spiro atoms. The normalized spacial score (nSPS) is 14.1. The number of sulfonamides is 1. The zero-order valence-corrected chi connectivity index (χ0v) is 10.5. The van der Waals surface area contributed by atoms with Crippen molar-refractivity contribution >= 4 is 21.6 Å². The van der Waals surface area contributed by atoms with Gasteiger partial charge < -0.3 is 0 Å². The molecule has 5 heteroatoms. The summed E-state index contributed by atoms with van der Waals surface area (Å²) in [5.41, 5.74) is 0.486. The lowest BCUT2D eigenvalue weighted by Crippen LogP contribution is -2.15. The third-order valence-electron chi connectivity index (χ3n) is 1.78. The van der Waals surface area contributed by atoms with Crippen LogP contribution in [0, 0.1) is 0 Å². The Hall–Kier alpha value is -0.580. The molecule has 0 aliphatic heterocycles. The third-order valence-corrected chi connectivity index (χ3v) is 3.07. The first kappa shape index (κ1) is 14.4. The fraction of sp³-hybridized carbons (Fsp3) is 0.400. The highest BCUT2D eigenvalue weighted by molar-refractivity contribution is 7.93. The molecule has 0 radical (unpaired) electrons. The van der Waals surface area contributed by atoms with E-state index >= 15 is 0 Å². The molecule has 86 valence electrons. The maximum atomic E-state index is 11.1. The third kappa shape index (κ3) is 4.64. The van der Waals surface area contributed by atoms with E-state index in [1.54, 1.807) is 19.1 Å². The van der Waals surface area contributed by atoms with E-state index < -0.39 is 10.0 Å². The van der Waals surface area contributed by atoms with E-state index in [0.717, 1.165) is 6.42 Å². The molecule has 0 saturated carbocycles. The Balaban J connectivity index is 5.34. The van der Waals surface area contributed by atoms with Crippen LogP contribution in [-0.4, -0.2) is 8.42 Å². The van der Waals surface area contributed by atoms with E-state index in [0.29, 0.717) is 17.0 Å². The summed E-state index contributed by atoms with van der Waals surface area (Å²) in [7, 11) is -3.76. The smallest absolute Gasteiger partial charge is 0.225 e. The van der Waals surface area contributed by atoms with Crippen LogP contribution in [0.4, 0.5) is 0 Å². The molecule has 0 aromatic carbocycles. The van der Waals surface area contributed by atoms with Crippen molar-refractivity contribution in [1.29, 1.82) is 0 Å². The van der Waals surface area contributed by atoms with Gasteiger partial charge in [0, 0.05) is 5.03 Å². The second kappa shape index (κ2) is 6.10. The zero-order valence-electron chi connectivity index (χ0n) is 8.96. The standard InChI is InChI=1S/C10H16ClNO2S/c1-4-6-9(10(11)7-5-2)8(3)15(12,13)14/h5,7H,3-4,6H2,1-2H3,(H2,12,13,14)/b7-5-,10-9+. The molecule has 0 aromatic heterocycles. The summed E-state index contributed by atoms with van der Waals surface area (Å²) >= 11 is 5.94. The number of allylic oxidation sites excluding steroid dienone is 4. The molecule has 2 N–H and O–H groups in total. The van der Waals surface area contributed by atoms with Gasteiger partial charge in [0.25, 0.3) is 0 Å². The lowest BCUT2D eigenvalue weighted by Gasteiger charge is -2.09. The second-order valence-electron chi connectivity index (χ2n) is 3.04. The van der Waals surface area contributed by atoms with E-state index in [1.807, 2.05) is 6.92 Å². The van der Waals surface area contributed by atoms with Crippen molar-refractivity contribution in [1.82, 2.24) is 0 Å². The minimum Gasteiger partial charge on any atom is -0.225 e. The number of halogens is 1. The first-order chi connectivity index (χ1) is 6.84. The summed E-state index contributed by atoms with van der Waals surface area (Å²) in [6, 6.07) is 0. The Kier molecular flexibility index (Phi) is 5.87. The fourth-order valence-electron chi connectivity index (χ4n) is 1.06. The summed E-state index contributed by atoms with van der Waals surface area (Å²) in [5.74, 6) is 0. The van der Waals surface area contributed by atoms with Crippen LogP contribution in [0.25, 0.3) is 0 Å². The average Bonchev–Trinajstić information content (AvgIpc) is 2.12. The van der Waals surface area contributed by atoms with Crippen molar-refractivity contribution in [3.63, 3.8) is 0 Å². The van der Waals surface area contributed by atoms with E-state index in [2.05, 4.69) is 6.58 Å². The number of rotatable bonds is 5. The Labute approximate surface area is 96.4 Å². The Bertz CT molecular complexity index is 394. The van der Waals surface area contributed by atoms with Gasteiger partial charge in [0.2, 0.25) is 10.0 Å². The van der Waals surface area contributed by atoms with Crippen LogP contribution in [0.15, 0.2) is 34.2 Å². The van der Waals surface area contributed by atoms with Crippen LogP contribution in [-0.2, 0) is 10.0 Å². The van der Waals surface area contributed by atoms with Gasteiger partial charge in [0.1, 0.15) is 0 Å². The van der Waals surface area contributed by atoms with Gasteiger partial charge in [0.15, 0.2) is 0 Å². The summed E-state index contributed by atoms with van der Waals surface area (Å²) < 4.78 is 22.2. The molecule has 0 heterocycles. The molecule has 15 heavy (non-hydrogen) atoms. The number of hydrogen-bond acceptors (Lipinski definition) is 2. The first-order valence-electron chi connectivity index (χ1n) is 4.58. The van der Waals surface area contributed by atoms with Gasteiger partial charge in [-0.1, -0.05) is 37.6 Å². The maximum absolute atomic E-state index is 11.1. The number of nitrogens with two attached hydrogens (primary N) is 1. The Morgan fingerprint density at radius 2 is 2.07 bits per heavy atom. The van der Waals surface area contributed by atoms with Gasteiger partial charge in [-0.15, -0.1) is 0 Å². The predicted molar refractivity (Wildman–Crippen MR) is 64.8 cm³/mol. The molecule has 0 atom stereocenters. The SMILES string of the molecule is C=C(/C(CCC)=C(Cl)\C=C/C)S(N)(=O)=O. The predicted octanol–water partition coefficient (Wildman–Crippen LogP) is 2.66. The van der Waals surface area contributed by atoms with Crippen LogP contribution >= 0.6 is 11.6 Å². The summed E-state index contributed by atoms with van der Waals surface area (Å²) in [4.78, 5) is -0.104. The minimum atomic E-state index is -3.76. The van der Waals surface area contributed by atoms with Crippen LogP contribution < -0.4 is 5.14 Å². The van der Waals surface area contributed by atoms with Crippen molar-refractivity contribution in [2.45, 2.75) is 26.7 Å². The molecule has 0 aliphatic carbocycles. The number of hydrogen-bond donors (Lipinski definition) is 1. The topological polar surface area (TPSA) is 60.2 Å². The van der Waals surface area contributed by atoms with Gasteiger partial charge in [-0.3, -0.25) is 0 Å². The molecule has 0 amide bonds. The van der Waals surface area contributed by atoms with Crippen molar-refractivity contribution in [3.05, 3.63) is 34.2 Å². The molecule has 0 saturated heterocycles. The van der Waals surface area contributed by atoms with Crippen molar-refractivity contribution in [2.75, 3.05) is 0 Å². The molecule has 0 fully saturated rings. The summed E-state index contributed by atoms with van der Waals surface area (Å²) in [5, 5.41) is 5.37. The van der Waals surface area contributed by atoms with Gasteiger partial charge >= 0.3 is 0 Å². The van der Waals surface area contributed by atoms with Gasteiger partial charge in [-0.25, -0.2) is 13.6 Å². The summed E-state index contributed by atoms with van der Waals surface area (Å²) in [6.45, 7) is 7.18. The molecule has 3 nitrogen and oxygen atoms in total. The lowest BCUT2D eigenvalue weighted by molar-refractivity contribution is 0.604. The molecule has 0 unspecified atom stereocenters. The van der Waals surface area contributed by atoms with E-state index in [1.165, 1.54) is 0 Å². The van der Waals surface area contributed by atoms with Crippen molar-refractivity contribution < 1.29 is 8.42 Å². The highest BCUT2D eigenvalue weighted by Gasteiger charge is 2.16. The van der Waals surface area contributed by atoms with E-state index in [4.69, 9.17) is 16.7 Å². The van der Waals surface area contributed by atoms with Crippen LogP contribution in [0.1, 0.15) is 26.7 Å².